The van der Waals surface area contributed by atoms with Crippen LogP contribution >= 0.6 is 0 Å². The van der Waals surface area contributed by atoms with Gasteiger partial charge >= 0.3 is 0 Å². The van der Waals surface area contributed by atoms with Crippen LogP contribution < -0.4 is 0 Å². The number of rotatable bonds is 2. The second kappa shape index (κ2) is 6.01. The van der Waals surface area contributed by atoms with Crippen molar-refractivity contribution in [1.29, 1.82) is 0 Å². The van der Waals surface area contributed by atoms with Gasteiger partial charge in [-0.2, -0.15) is 0 Å². The number of hydrogen-bond acceptors (Lipinski definition) is 2. The molecule has 1 atom stereocenters. The summed E-state index contributed by atoms with van der Waals surface area (Å²) in [6.45, 7) is 1.75. The molecule has 1 fully saturated rings. The van der Waals surface area contributed by atoms with Crippen LogP contribution in [0.5, 0.6) is 0 Å². The summed E-state index contributed by atoms with van der Waals surface area (Å²) in [6, 6.07) is 8.93. The highest BCUT2D eigenvalue weighted by Crippen LogP contribution is 2.32. The summed E-state index contributed by atoms with van der Waals surface area (Å²) in [5, 5.41) is 0. The van der Waals surface area contributed by atoms with Gasteiger partial charge in [0.1, 0.15) is 0 Å². The molecule has 2 heterocycles. The zero-order valence-electron chi connectivity index (χ0n) is 14.7. The third kappa shape index (κ3) is 2.59. The van der Waals surface area contributed by atoms with E-state index in [0.29, 0.717) is 11.9 Å². The van der Waals surface area contributed by atoms with Gasteiger partial charge in [0, 0.05) is 24.7 Å². The molecule has 0 bridgehead atoms. The molecule has 2 aliphatic carbocycles. The monoisotopic (exact) mass is 335 g/mol. The highest BCUT2D eigenvalue weighted by Gasteiger charge is 2.35. The van der Waals surface area contributed by atoms with Gasteiger partial charge in [-0.1, -0.05) is 24.3 Å². The van der Waals surface area contributed by atoms with Crippen molar-refractivity contribution >= 4 is 5.91 Å². The lowest BCUT2D eigenvalue weighted by Crippen LogP contribution is -2.35. The molecule has 1 amide bonds. The number of likely N-dealkylation sites (tertiary alicyclic amines) is 1. The van der Waals surface area contributed by atoms with Crippen molar-refractivity contribution in [3.8, 4) is 0 Å². The van der Waals surface area contributed by atoms with Gasteiger partial charge in [-0.3, -0.25) is 4.79 Å². The van der Waals surface area contributed by atoms with Crippen LogP contribution in [0.15, 0.2) is 30.6 Å². The molecule has 3 aliphatic rings. The molecule has 1 aliphatic heterocycles. The number of carbonyl (C=O) groups is 1. The van der Waals surface area contributed by atoms with Crippen LogP contribution in [0.4, 0.5) is 0 Å². The molecule has 5 rings (SSSR count). The van der Waals surface area contributed by atoms with Crippen LogP contribution in [-0.2, 0) is 30.5 Å². The molecule has 0 radical (unpaired) electrons. The first-order chi connectivity index (χ1) is 12.3. The molecule has 0 spiro atoms. The summed E-state index contributed by atoms with van der Waals surface area (Å²) in [5.41, 5.74) is 5.45. The van der Waals surface area contributed by atoms with Crippen molar-refractivity contribution < 1.29 is 4.79 Å². The Hall–Kier alpha value is -2.10. The average Bonchev–Trinajstić information content (AvgIpc) is 3.37. The van der Waals surface area contributed by atoms with Crippen LogP contribution in [0.1, 0.15) is 47.8 Å². The fourth-order valence-electron chi connectivity index (χ4n) is 4.97. The lowest BCUT2D eigenvalue weighted by molar-refractivity contribution is -0.134. The van der Waals surface area contributed by atoms with E-state index in [2.05, 4.69) is 38.7 Å². The first-order valence-corrected chi connectivity index (χ1v) is 9.70. The van der Waals surface area contributed by atoms with E-state index in [-0.39, 0.29) is 5.92 Å². The predicted octanol–water partition coefficient (Wildman–Crippen LogP) is 2.95. The Morgan fingerprint density at radius 1 is 1.08 bits per heavy atom. The predicted molar refractivity (Wildman–Crippen MR) is 96.4 cm³/mol. The van der Waals surface area contributed by atoms with E-state index >= 15 is 0 Å². The summed E-state index contributed by atoms with van der Waals surface area (Å²) >= 11 is 0. The van der Waals surface area contributed by atoms with E-state index in [1.54, 1.807) is 0 Å². The molecule has 0 saturated carbocycles. The van der Waals surface area contributed by atoms with Gasteiger partial charge in [0.25, 0.3) is 0 Å². The summed E-state index contributed by atoms with van der Waals surface area (Å²) in [6.07, 6.45) is 9.73. The smallest absolute Gasteiger partial charge is 0.226 e. The van der Waals surface area contributed by atoms with Crippen LogP contribution in [0, 0.1) is 5.92 Å². The van der Waals surface area contributed by atoms with Crippen molar-refractivity contribution in [1.82, 2.24) is 14.5 Å². The van der Waals surface area contributed by atoms with Crippen molar-refractivity contribution in [2.75, 3.05) is 13.1 Å². The Bertz CT molecular complexity index is 784. The fourth-order valence-corrected chi connectivity index (χ4v) is 4.97. The third-order valence-electron chi connectivity index (χ3n) is 6.33. The number of amides is 1. The zero-order chi connectivity index (χ0) is 16.8. The third-order valence-corrected chi connectivity index (χ3v) is 6.33. The summed E-state index contributed by atoms with van der Waals surface area (Å²) < 4.78 is 2.38. The Balaban J connectivity index is 1.28. The minimum atomic E-state index is 0.146. The molecule has 4 nitrogen and oxygen atoms in total. The molecule has 2 aromatic rings. The summed E-state index contributed by atoms with van der Waals surface area (Å²) in [5.74, 6) is 0.500. The van der Waals surface area contributed by atoms with E-state index in [9.17, 15) is 4.79 Å². The summed E-state index contributed by atoms with van der Waals surface area (Å²) in [4.78, 5) is 19.8. The van der Waals surface area contributed by atoms with Crippen LogP contribution in [0.3, 0.4) is 0 Å². The molecule has 25 heavy (non-hydrogen) atoms. The van der Waals surface area contributed by atoms with E-state index in [4.69, 9.17) is 0 Å². The quantitative estimate of drug-likeness (QED) is 0.846. The van der Waals surface area contributed by atoms with Crippen molar-refractivity contribution in [3.05, 3.63) is 53.1 Å². The molecule has 1 aromatic heterocycles. The number of fused-ring (bicyclic) bond motifs is 2. The molecular weight excluding hydrogens is 310 g/mol. The first-order valence-electron chi connectivity index (χ1n) is 9.70. The van der Waals surface area contributed by atoms with Gasteiger partial charge < -0.3 is 9.47 Å². The second-order valence-corrected chi connectivity index (χ2v) is 7.85. The van der Waals surface area contributed by atoms with Gasteiger partial charge in [0.2, 0.25) is 5.91 Å². The number of hydrogen-bond donors (Lipinski definition) is 0. The maximum absolute atomic E-state index is 13.0. The maximum Gasteiger partial charge on any atom is 0.226 e. The van der Waals surface area contributed by atoms with Gasteiger partial charge in [-0.25, -0.2) is 4.98 Å². The summed E-state index contributed by atoms with van der Waals surface area (Å²) in [7, 11) is 0. The highest BCUT2D eigenvalue weighted by molar-refractivity contribution is 5.80. The number of benzene rings is 1. The molecule has 4 heteroatoms. The lowest BCUT2D eigenvalue weighted by atomic mass is 10.0. The Morgan fingerprint density at radius 2 is 1.84 bits per heavy atom. The normalized spacial score (nSPS) is 22.9. The zero-order valence-corrected chi connectivity index (χ0v) is 14.7. The lowest BCUT2D eigenvalue weighted by Gasteiger charge is -2.22. The van der Waals surface area contributed by atoms with Gasteiger partial charge in [0.05, 0.1) is 18.1 Å². The number of carbonyl (C=O) groups excluding carboxylic acids is 1. The standard InChI is InChI=1S/C21H25N3O/c25-21(17-11-15-5-1-2-6-16(15)12-17)23-10-9-18(13-23)24-14-22-19-7-3-4-8-20(19)24/h1-2,5-6,14,17-18H,3-4,7-13H2. The van der Waals surface area contributed by atoms with Crippen molar-refractivity contribution in [2.24, 2.45) is 5.92 Å². The number of imidazole rings is 1. The van der Waals surface area contributed by atoms with Crippen molar-refractivity contribution in [3.63, 3.8) is 0 Å². The number of aromatic nitrogens is 2. The first kappa shape index (κ1) is 15.2. The van der Waals surface area contributed by atoms with E-state index < -0.39 is 0 Å². The average molecular weight is 335 g/mol. The van der Waals surface area contributed by atoms with E-state index in [1.165, 1.54) is 35.4 Å². The van der Waals surface area contributed by atoms with Crippen LogP contribution in [0.2, 0.25) is 0 Å². The van der Waals surface area contributed by atoms with Crippen LogP contribution in [0.25, 0.3) is 0 Å². The fraction of sp³-hybridized carbons (Fsp3) is 0.524. The molecule has 130 valence electrons. The molecular formula is C21H25N3O. The minimum Gasteiger partial charge on any atom is -0.340 e. The number of aryl methyl sites for hydroxylation is 1. The van der Waals surface area contributed by atoms with E-state index in [1.807, 2.05) is 6.33 Å². The van der Waals surface area contributed by atoms with Gasteiger partial charge in [0.15, 0.2) is 0 Å². The highest BCUT2D eigenvalue weighted by atomic mass is 16.2. The van der Waals surface area contributed by atoms with Gasteiger partial charge in [-0.05, 0) is 56.1 Å². The molecule has 1 saturated heterocycles. The Kier molecular flexibility index (Phi) is 3.65. The maximum atomic E-state index is 13.0. The second-order valence-electron chi connectivity index (χ2n) is 7.85. The number of nitrogens with zero attached hydrogens (tertiary/aromatic N) is 3. The largest absolute Gasteiger partial charge is 0.340 e. The molecule has 1 unspecified atom stereocenters. The van der Waals surface area contributed by atoms with Crippen molar-refractivity contribution in [2.45, 2.75) is 51.0 Å². The molecule has 0 N–H and O–H groups in total. The Morgan fingerprint density at radius 3 is 2.64 bits per heavy atom. The minimum absolute atomic E-state index is 0.146. The SMILES string of the molecule is O=C(C1Cc2ccccc2C1)N1CCC(n2cnc3c2CCCC3)C1. The molecule has 1 aromatic carbocycles. The topological polar surface area (TPSA) is 38.1 Å². The van der Waals surface area contributed by atoms with Crippen LogP contribution in [-0.4, -0.2) is 33.4 Å². The van der Waals surface area contributed by atoms with E-state index in [0.717, 1.165) is 45.2 Å². The van der Waals surface area contributed by atoms with Gasteiger partial charge in [-0.15, -0.1) is 0 Å². The Labute approximate surface area is 148 Å².